The van der Waals surface area contributed by atoms with Crippen molar-refractivity contribution < 1.29 is 9.47 Å². The second kappa shape index (κ2) is 12.7. The molecule has 7 rings (SSSR count). The first-order valence-electron chi connectivity index (χ1n) is 16.3. The number of rotatable bonds is 7. The fraction of sp³-hybridized carbons (Fsp3) is 0.350. The minimum absolute atomic E-state index is 0.331. The van der Waals surface area contributed by atoms with Crippen LogP contribution in [-0.2, 0) is 0 Å². The molecule has 43 heavy (non-hydrogen) atoms. The zero-order valence-electron chi connectivity index (χ0n) is 25.6. The van der Waals surface area contributed by atoms with Gasteiger partial charge in [0.15, 0.2) is 0 Å². The molecule has 0 aliphatic heterocycles. The molecule has 0 amide bonds. The summed E-state index contributed by atoms with van der Waals surface area (Å²) in [6.45, 7) is 0. The normalized spacial score (nSPS) is 16.6. The third-order valence-corrected chi connectivity index (χ3v) is 13.5. The topological polar surface area (TPSA) is 18.5 Å². The Morgan fingerprint density at radius 3 is 1.56 bits per heavy atom. The minimum atomic E-state index is -0.331. The molecule has 0 saturated heterocycles. The third-order valence-electron chi connectivity index (χ3n) is 10.00. The number of hydrogen-bond acceptors (Lipinski definition) is 2. The Hall–Kier alpha value is -3.35. The molecule has 2 fully saturated rings. The highest BCUT2D eigenvalue weighted by molar-refractivity contribution is 7.67. The Morgan fingerprint density at radius 2 is 1.00 bits per heavy atom. The fourth-order valence-electron chi connectivity index (χ4n) is 8.01. The van der Waals surface area contributed by atoms with Gasteiger partial charge in [-0.05, 0) is 92.7 Å². The first-order chi connectivity index (χ1) is 21.3. The van der Waals surface area contributed by atoms with E-state index < -0.39 is 0 Å². The molecule has 0 N–H and O–H groups in total. The number of benzene rings is 5. The molecule has 2 aliphatic rings. The van der Waals surface area contributed by atoms with E-state index in [0.717, 1.165) is 28.4 Å². The quantitative estimate of drug-likeness (QED) is 0.177. The van der Waals surface area contributed by atoms with Gasteiger partial charge in [-0.15, -0.1) is 0 Å². The van der Waals surface area contributed by atoms with Crippen molar-refractivity contribution in [3.63, 3.8) is 0 Å². The maximum atomic E-state index is 6.02. The summed E-state index contributed by atoms with van der Waals surface area (Å²) < 4.78 is 12.0. The number of hydrogen-bond donors (Lipinski definition) is 0. The van der Waals surface area contributed by atoms with Crippen LogP contribution in [0.25, 0.3) is 43.8 Å². The number of ether oxygens (including phenoxy) is 2. The van der Waals surface area contributed by atoms with Crippen LogP contribution in [0.3, 0.4) is 0 Å². The van der Waals surface area contributed by atoms with Gasteiger partial charge in [-0.1, -0.05) is 125 Å². The van der Waals surface area contributed by atoms with E-state index in [9.17, 15) is 0 Å². The smallest absolute Gasteiger partial charge is 0.130 e. The molecule has 0 spiro atoms. The molecule has 5 aromatic rings. The highest BCUT2D eigenvalue weighted by Gasteiger charge is 2.35. The Labute approximate surface area is 258 Å². The van der Waals surface area contributed by atoms with Crippen molar-refractivity contribution in [1.82, 2.24) is 0 Å². The summed E-state index contributed by atoms with van der Waals surface area (Å²) in [5.41, 5.74) is 6.61. The van der Waals surface area contributed by atoms with Gasteiger partial charge in [-0.3, -0.25) is 0 Å². The molecule has 0 aromatic heterocycles. The van der Waals surface area contributed by atoms with E-state index in [0.29, 0.717) is 0 Å². The third kappa shape index (κ3) is 5.33. The summed E-state index contributed by atoms with van der Waals surface area (Å²) in [6.07, 6.45) is 13.9. The molecule has 2 nitrogen and oxygen atoms in total. The van der Waals surface area contributed by atoms with Gasteiger partial charge in [0.2, 0.25) is 0 Å². The molecule has 220 valence electrons. The Morgan fingerprint density at radius 1 is 0.488 bits per heavy atom. The summed E-state index contributed by atoms with van der Waals surface area (Å²) in [7, 11) is 3.21. The monoisotopic (exact) mass is 586 g/mol. The first-order valence-corrected chi connectivity index (χ1v) is 17.8. The molecule has 2 saturated carbocycles. The Bertz CT molecular complexity index is 1690. The van der Waals surface area contributed by atoms with Crippen LogP contribution in [0, 0.1) is 0 Å². The van der Waals surface area contributed by atoms with Crippen LogP contribution in [0.1, 0.15) is 64.2 Å². The van der Waals surface area contributed by atoms with Crippen molar-refractivity contribution >= 4 is 34.8 Å². The van der Waals surface area contributed by atoms with Gasteiger partial charge in [0.05, 0.1) is 19.8 Å². The van der Waals surface area contributed by atoms with Crippen molar-refractivity contribution in [3.8, 4) is 33.8 Å². The van der Waals surface area contributed by atoms with Crippen LogP contribution in [0.5, 0.6) is 11.5 Å². The maximum absolute atomic E-state index is 6.02. The fourth-order valence-corrected chi connectivity index (χ4v) is 12.0. The Kier molecular flexibility index (Phi) is 8.40. The molecule has 0 bridgehead atoms. The van der Waals surface area contributed by atoms with Crippen molar-refractivity contribution in [3.05, 3.63) is 91.0 Å². The van der Waals surface area contributed by atoms with E-state index in [2.05, 4.69) is 84.9 Å². The first kappa shape index (κ1) is 28.4. The lowest BCUT2D eigenvalue weighted by molar-refractivity contribution is 0.397. The molecule has 5 aromatic carbocycles. The highest BCUT2D eigenvalue weighted by atomic mass is 31.1. The van der Waals surface area contributed by atoms with Crippen molar-refractivity contribution in [1.29, 1.82) is 0 Å². The largest absolute Gasteiger partial charge is 0.496 e. The summed E-state index contributed by atoms with van der Waals surface area (Å²) >= 11 is 0. The standard InChI is InChI=1S/C40H43O2P/c1-41-35-22-13-23-36(42-2)39(35)34-26-24-28-14-9-11-20-32(28)38(34)40-33-21-12-10-15-29(33)25-27-37(40)43(30-16-5-3-6-17-30)31-18-7-4-8-19-31/h9-15,20-27,30-31H,3-8,16-19H2,1-2H3. The van der Waals surface area contributed by atoms with E-state index >= 15 is 0 Å². The van der Waals surface area contributed by atoms with Gasteiger partial charge in [0.1, 0.15) is 11.5 Å². The molecule has 0 atom stereocenters. The van der Waals surface area contributed by atoms with Crippen molar-refractivity contribution in [2.24, 2.45) is 0 Å². The predicted molar refractivity (Wildman–Crippen MR) is 186 cm³/mol. The van der Waals surface area contributed by atoms with Gasteiger partial charge >= 0.3 is 0 Å². The molecule has 0 radical (unpaired) electrons. The van der Waals surface area contributed by atoms with Crippen molar-refractivity contribution in [2.45, 2.75) is 75.5 Å². The summed E-state index contributed by atoms with van der Waals surface area (Å²) in [6, 6.07) is 33.7. The van der Waals surface area contributed by atoms with E-state index in [1.165, 1.54) is 102 Å². The molecular formula is C40H43O2P. The van der Waals surface area contributed by atoms with Crippen LogP contribution >= 0.6 is 7.92 Å². The van der Waals surface area contributed by atoms with Crippen LogP contribution in [0.2, 0.25) is 0 Å². The molecule has 0 unspecified atom stereocenters. The lowest BCUT2D eigenvalue weighted by Crippen LogP contribution is -2.27. The number of fused-ring (bicyclic) bond motifs is 2. The van der Waals surface area contributed by atoms with E-state index in [4.69, 9.17) is 9.47 Å². The minimum Gasteiger partial charge on any atom is -0.496 e. The zero-order chi connectivity index (χ0) is 29.2. The van der Waals surface area contributed by atoms with Gasteiger partial charge in [0.25, 0.3) is 0 Å². The number of methoxy groups -OCH3 is 2. The lowest BCUT2D eigenvalue weighted by atomic mass is 9.87. The summed E-state index contributed by atoms with van der Waals surface area (Å²) in [5.74, 6) is 1.69. The van der Waals surface area contributed by atoms with Gasteiger partial charge < -0.3 is 9.47 Å². The summed E-state index contributed by atoms with van der Waals surface area (Å²) in [5, 5.41) is 6.88. The van der Waals surface area contributed by atoms with Crippen LogP contribution in [-0.4, -0.2) is 25.5 Å². The van der Waals surface area contributed by atoms with E-state index in [1.807, 2.05) is 6.07 Å². The van der Waals surface area contributed by atoms with Crippen LogP contribution < -0.4 is 14.8 Å². The Balaban J connectivity index is 1.59. The SMILES string of the molecule is COc1cccc(OC)c1-c1ccc2ccccc2c1-c1c(P(C2CCCCC2)C2CCCCC2)ccc2ccccc12. The van der Waals surface area contributed by atoms with Crippen molar-refractivity contribution in [2.75, 3.05) is 14.2 Å². The van der Waals surface area contributed by atoms with Crippen LogP contribution in [0.4, 0.5) is 0 Å². The zero-order valence-corrected chi connectivity index (χ0v) is 26.5. The molecule has 3 heteroatoms. The summed E-state index contributed by atoms with van der Waals surface area (Å²) in [4.78, 5) is 0. The van der Waals surface area contributed by atoms with Crippen LogP contribution in [0.15, 0.2) is 91.0 Å². The van der Waals surface area contributed by atoms with E-state index in [1.54, 1.807) is 19.5 Å². The van der Waals surface area contributed by atoms with E-state index in [-0.39, 0.29) is 7.92 Å². The second-order valence-corrected chi connectivity index (χ2v) is 15.2. The maximum Gasteiger partial charge on any atom is 0.130 e. The van der Waals surface area contributed by atoms with Gasteiger partial charge in [-0.2, -0.15) is 0 Å². The van der Waals surface area contributed by atoms with Gasteiger partial charge in [0, 0.05) is 0 Å². The predicted octanol–water partition coefficient (Wildman–Crippen LogP) is 11.1. The lowest BCUT2D eigenvalue weighted by Gasteiger charge is -2.40. The average molecular weight is 587 g/mol. The molecular weight excluding hydrogens is 543 g/mol. The molecule has 2 aliphatic carbocycles. The molecule has 0 heterocycles. The van der Waals surface area contributed by atoms with Gasteiger partial charge in [-0.25, -0.2) is 0 Å². The average Bonchev–Trinajstić information content (AvgIpc) is 3.08. The second-order valence-electron chi connectivity index (χ2n) is 12.4. The highest BCUT2D eigenvalue weighted by Crippen LogP contribution is 2.58.